The molecule has 0 unspecified atom stereocenters. The summed E-state index contributed by atoms with van der Waals surface area (Å²) < 4.78 is 0.973. The van der Waals surface area contributed by atoms with Gasteiger partial charge in [-0.3, -0.25) is 0 Å². The van der Waals surface area contributed by atoms with Crippen LogP contribution in [0.2, 0.25) is 0 Å². The summed E-state index contributed by atoms with van der Waals surface area (Å²) in [5.41, 5.74) is 7.44. The number of benzene rings is 1. The molecule has 0 saturated heterocycles. The molecule has 0 aromatic heterocycles. The van der Waals surface area contributed by atoms with E-state index >= 15 is 0 Å². The molecule has 1 fully saturated rings. The molecule has 0 bridgehead atoms. The summed E-state index contributed by atoms with van der Waals surface area (Å²) in [6.07, 6.45) is 4.31. The van der Waals surface area contributed by atoms with Crippen LogP contribution in [0.25, 0.3) is 0 Å². The molecule has 4 N–H and O–H groups in total. The number of halogens is 1. The molecule has 1 aliphatic carbocycles. The predicted molar refractivity (Wildman–Crippen MR) is 79.6 cm³/mol. The lowest BCUT2D eigenvalue weighted by atomic mass is 9.77. The molecule has 4 heteroatoms. The van der Waals surface area contributed by atoms with Crippen LogP contribution >= 0.6 is 15.9 Å². The molecule has 1 saturated carbocycles. The van der Waals surface area contributed by atoms with Crippen molar-refractivity contribution < 1.29 is 5.11 Å². The van der Waals surface area contributed by atoms with E-state index in [2.05, 4.69) is 28.2 Å². The molecular formula is C14H21BrN2O. The number of aliphatic hydroxyl groups excluding tert-OH is 1. The summed E-state index contributed by atoms with van der Waals surface area (Å²) in [6, 6.07) is 5.82. The monoisotopic (exact) mass is 312 g/mol. The Bertz CT molecular complexity index is 414. The van der Waals surface area contributed by atoms with E-state index < -0.39 is 0 Å². The first-order chi connectivity index (χ1) is 8.54. The van der Waals surface area contributed by atoms with Gasteiger partial charge in [0.05, 0.1) is 23.5 Å². The molecule has 1 aromatic rings. The van der Waals surface area contributed by atoms with E-state index in [1.54, 1.807) is 0 Å². The number of hydrogen-bond donors (Lipinski definition) is 3. The number of nitrogen functional groups attached to an aromatic ring is 1. The molecule has 0 heterocycles. The molecule has 18 heavy (non-hydrogen) atoms. The number of nitrogens with one attached hydrogen (secondary N) is 1. The van der Waals surface area contributed by atoms with Crippen molar-refractivity contribution in [2.24, 2.45) is 5.92 Å². The Balaban J connectivity index is 2.15. The van der Waals surface area contributed by atoms with Crippen molar-refractivity contribution in [3.8, 4) is 0 Å². The maximum absolute atomic E-state index is 9.72. The highest BCUT2D eigenvalue weighted by Gasteiger charge is 2.33. The number of aliphatic hydroxyl groups is 1. The van der Waals surface area contributed by atoms with E-state index in [0.717, 1.165) is 47.4 Å². The minimum atomic E-state index is -0.200. The Morgan fingerprint density at radius 2 is 2.11 bits per heavy atom. The summed E-state index contributed by atoms with van der Waals surface area (Å²) in [4.78, 5) is 0. The van der Waals surface area contributed by atoms with Crippen molar-refractivity contribution in [1.82, 2.24) is 0 Å². The van der Waals surface area contributed by atoms with Gasteiger partial charge in [0.15, 0.2) is 0 Å². The minimum Gasteiger partial charge on any atom is -0.397 e. The topological polar surface area (TPSA) is 58.3 Å². The summed E-state index contributed by atoms with van der Waals surface area (Å²) >= 11 is 3.40. The number of nitrogens with two attached hydrogens (primary N) is 1. The van der Waals surface area contributed by atoms with Crippen LogP contribution in [0.3, 0.4) is 0 Å². The summed E-state index contributed by atoms with van der Waals surface area (Å²) in [6.45, 7) is 2.44. The number of hydrogen-bond acceptors (Lipinski definition) is 3. The molecule has 2 rings (SSSR count). The lowest BCUT2D eigenvalue weighted by Crippen LogP contribution is -2.45. The first-order valence-corrected chi connectivity index (χ1v) is 7.28. The molecule has 3 nitrogen and oxygen atoms in total. The Labute approximate surface area is 117 Å². The predicted octanol–water partition coefficient (Wildman–Crippen LogP) is 3.38. The van der Waals surface area contributed by atoms with Crippen LogP contribution in [0.1, 0.15) is 32.6 Å². The van der Waals surface area contributed by atoms with Gasteiger partial charge < -0.3 is 16.2 Å². The smallest absolute Gasteiger partial charge is 0.0661 e. The number of rotatable bonds is 3. The Kier molecular flexibility index (Phi) is 4.17. The SMILES string of the molecule is CC1CCC(CO)(Nc2ccc(Br)cc2N)CC1. The minimum absolute atomic E-state index is 0.162. The lowest BCUT2D eigenvalue weighted by Gasteiger charge is -2.39. The van der Waals surface area contributed by atoms with Gasteiger partial charge in [-0.15, -0.1) is 0 Å². The highest BCUT2D eigenvalue weighted by atomic mass is 79.9. The van der Waals surface area contributed by atoms with Crippen LogP contribution < -0.4 is 11.1 Å². The van der Waals surface area contributed by atoms with Crippen molar-refractivity contribution in [3.63, 3.8) is 0 Å². The molecule has 1 aromatic carbocycles. The van der Waals surface area contributed by atoms with Crippen LogP contribution in [0.5, 0.6) is 0 Å². The fraction of sp³-hybridized carbons (Fsp3) is 0.571. The van der Waals surface area contributed by atoms with Crippen molar-refractivity contribution >= 4 is 27.3 Å². The zero-order valence-electron chi connectivity index (χ0n) is 10.7. The molecule has 0 radical (unpaired) electrons. The first kappa shape index (κ1) is 13.7. The third kappa shape index (κ3) is 2.98. The standard InChI is InChI=1S/C14H21BrN2O/c1-10-4-6-14(9-18,7-5-10)17-13-3-2-11(15)8-12(13)16/h2-3,8,10,17-18H,4-7,9,16H2,1H3. The first-order valence-electron chi connectivity index (χ1n) is 6.49. The van der Waals surface area contributed by atoms with E-state index in [-0.39, 0.29) is 12.1 Å². The third-order valence-corrected chi connectivity index (χ3v) is 4.44. The summed E-state index contributed by atoms with van der Waals surface area (Å²) in [5, 5.41) is 13.2. The van der Waals surface area contributed by atoms with Gasteiger partial charge in [-0.1, -0.05) is 22.9 Å². The fourth-order valence-electron chi connectivity index (χ4n) is 2.57. The molecule has 0 atom stereocenters. The molecule has 0 amide bonds. The van der Waals surface area contributed by atoms with Gasteiger partial charge in [0, 0.05) is 4.47 Å². The molecule has 0 spiro atoms. The maximum Gasteiger partial charge on any atom is 0.0661 e. The summed E-state index contributed by atoms with van der Waals surface area (Å²) in [5.74, 6) is 0.758. The Hall–Kier alpha value is -0.740. The quantitative estimate of drug-likeness (QED) is 0.750. The van der Waals surface area contributed by atoms with E-state index in [4.69, 9.17) is 5.73 Å². The normalized spacial score (nSPS) is 28.1. The Morgan fingerprint density at radius 3 is 2.67 bits per heavy atom. The van der Waals surface area contributed by atoms with Gasteiger partial charge in [-0.25, -0.2) is 0 Å². The van der Waals surface area contributed by atoms with Gasteiger partial charge >= 0.3 is 0 Å². The van der Waals surface area contributed by atoms with Gasteiger partial charge in [0.2, 0.25) is 0 Å². The average Bonchev–Trinajstić information content (AvgIpc) is 2.36. The van der Waals surface area contributed by atoms with Gasteiger partial charge in [-0.05, 0) is 49.8 Å². The van der Waals surface area contributed by atoms with Gasteiger partial charge in [0.25, 0.3) is 0 Å². The summed E-state index contributed by atoms with van der Waals surface area (Å²) in [7, 11) is 0. The third-order valence-electron chi connectivity index (χ3n) is 3.95. The van der Waals surface area contributed by atoms with Crippen molar-refractivity contribution in [2.45, 2.75) is 38.1 Å². The molecule has 0 aliphatic heterocycles. The van der Waals surface area contributed by atoms with E-state index in [1.165, 1.54) is 0 Å². The fourth-order valence-corrected chi connectivity index (χ4v) is 2.95. The van der Waals surface area contributed by atoms with Crippen LogP contribution in [0, 0.1) is 5.92 Å². The zero-order valence-corrected chi connectivity index (χ0v) is 12.3. The molecular weight excluding hydrogens is 292 g/mol. The molecule has 1 aliphatic rings. The van der Waals surface area contributed by atoms with Crippen LogP contribution in [0.4, 0.5) is 11.4 Å². The van der Waals surface area contributed by atoms with Crippen molar-refractivity contribution in [2.75, 3.05) is 17.7 Å². The second-order valence-electron chi connectivity index (χ2n) is 5.48. The lowest BCUT2D eigenvalue weighted by molar-refractivity contribution is 0.155. The Morgan fingerprint density at radius 1 is 1.44 bits per heavy atom. The van der Waals surface area contributed by atoms with E-state index in [9.17, 15) is 5.11 Å². The van der Waals surface area contributed by atoms with E-state index in [1.807, 2.05) is 18.2 Å². The highest BCUT2D eigenvalue weighted by molar-refractivity contribution is 9.10. The van der Waals surface area contributed by atoms with Crippen molar-refractivity contribution in [3.05, 3.63) is 22.7 Å². The van der Waals surface area contributed by atoms with Crippen LogP contribution in [-0.2, 0) is 0 Å². The molecule has 100 valence electrons. The second kappa shape index (κ2) is 5.49. The van der Waals surface area contributed by atoms with Crippen molar-refractivity contribution in [1.29, 1.82) is 0 Å². The van der Waals surface area contributed by atoms with E-state index in [0.29, 0.717) is 0 Å². The van der Waals surface area contributed by atoms with Crippen LogP contribution in [-0.4, -0.2) is 17.3 Å². The zero-order chi connectivity index (χ0) is 13.2. The average molecular weight is 313 g/mol. The number of anilines is 2. The van der Waals surface area contributed by atoms with Crippen LogP contribution in [0.15, 0.2) is 22.7 Å². The van der Waals surface area contributed by atoms with Gasteiger partial charge in [0.1, 0.15) is 0 Å². The second-order valence-corrected chi connectivity index (χ2v) is 6.39. The highest BCUT2D eigenvalue weighted by Crippen LogP contribution is 2.36. The maximum atomic E-state index is 9.72. The van der Waals surface area contributed by atoms with Gasteiger partial charge in [-0.2, -0.15) is 0 Å². The largest absolute Gasteiger partial charge is 0.397 e.